The Labute approximate surface area is 246 Å². The third-order valence-corrected chi connectivity index (χ3v) is 8.95. The van der Waals surface area contributed by atoms with E-state index in [1.807, 2.05) is 49.4 Å². The number of nitrogens with one attached hydrogen (secondary N) is 1. The zero-order valence-corrected chi connectivity index (χ0v) is 25.2. The lowest BCUT2D eigenvalue weighted by Gasteiger charge is -2.21. The van der Waals surface area contributed by atoms with E-state index in [1.54, 1.807) is 32.7 Å². The van der Waals surface area contributed by atoms with Gasteiger partial charge < -0.3 is 24.1 Å². The summed E-state index contributed by atoms with van der Waals surface area (Å²) in [4.78, 5) is 18.4. The van der Waals surface area contributed by atoms with Crippen LogP contribution < -0.4 is 19.5 Å². The maximum Gasteiger partial charge on any atom is 0.253 e. The van der Waals surface area contributed by atoms with Gasteiger partial charge in [-0.15, -0.1) is 11.3 Å². The minimum atomic E-state index is -0.00945. The van der Waals surface area contributed by atoms with Gasteiger partial charge in [0.1, 0.15) is 10.8 Å². The summed E-state index contributed by atoms with van der Waals surface area (Å²) in [6, 6.07) is 15.9. The highest BCUT2D eigenvalue weighted by atomic mass is 32.1. The first-order valence-electron chi connectivity index (χ1n) is 14.3. The number of thiazole rings is 1. The zero-order chi connectivity index (χ0) is 28.8. The van der Waals surface area contributed by atoms with Crippen molar-refractivity contribution in [2.24, 2.45) is 5.92 Å². The van der Waals surface area contributed by atoms with Gasteiger partial charge in [0, 0.05) is 29.7 Å². The Hall–Kier alpha value is -3.78. The highest BCUT2D eigenvalue weighted by Gasteiger charge is 2.22. The average molecular weight is 574 g/mol. The molecule has 0 spiro atoms. The summed E-state index contributed by atoms with van der Waals surface area (Å²) in [5.41, 5.74) is 5.63. The van der Waals surface area contributed by atoms with Crippen molar-refractivity contribution in [3.8, 4) is 39.2 Å². The van der Waals surface area contributed by atoms with Gasteiger partial charge in [-0.05, 0) is 80.1 Å². The lowest BCUT2D eigenvalue weighted by atomic mass is 9.89. The van der Waals surface area contributed by atoms with Gasteiger partial charge in [-0.3, -0.25) is 4.79 Å². The van der Waals surface area contributed by atoms with Crippen LogP contribution in [0.2, 0.25) is 0 Å². The highest BCUT2D eigenvalue weighted by Crippen LogP contribution is 2.33. The molecule has 1 amide bonds. The fraction of sp³-hybridized carbons (Fsp3) is 0.394. The number of hydrogen-bond donors (Lipinski definition) is 1. The molecule has 41 heavy (non-hydrogen) atoms. The van der Waals surface area contributed by atoms with E-state index < -0.39 is 0 Å². The molecule has 0 bridgehead atoms. The van der Waals surface area contributed by atoms with Crippen molar-refractivity contribution in [2.75, 3.05) is 27.9 Å². The molecule has 0 unspecified atom stereocenters. The quantitative estimate of drug-likeness (QED) is 0.206. The summed E-state index contributed by atoms with van der Waals surface area (Å²) in [7, 11) is 4.95. The van der Waals surface area contributed by atoms with Gasteiger partial charge >= 0.3 is 0 Å². The lowest BCUT2D eigenvalue weighted by molar-refractivity contribution is 0.0943. The minimum Gasteiger partial charge on any atom is -0.497 e. The van der Waals surface area contributed by atoms with E-state index in [1.165, 1.54) is 32.1 Å². The molecule has 0 saturated heterocycles. The monoisotopic (exact) mass is 573 g/mol. The van der Waals surface area contributed by atoms with Crippen molar-refractivity contribution < 1.29 is 19.0 Å². The summed E-state index contributed by atoms with van der Waals surface area (Å²) in [5, 5.41) is 6.23. The van der Waals surface area contributed by atoms with Crippen molar-refractivity contribution >= 4 is 17.2 Å². The number of aromatic nitrogens is 2. The summed E-state index contributed by atoms with van der Waals surface area (Å²) >= 11 is 1.60. The first kappa shape index (κ1) is 28.7. The molecule has 7 nitrogen and oxygen atoms in total. The minimum absolute atomic E-state index is 0.00945. The number of amides is 1. The normalized spacial score (nSPS) is 13.7. The molecule has 8 heteroatoms. The fourth-order valence-corrected chi connectivity index (χ4v) is 6.45. The number of carbonyl (C=O) groups is 1. The van der Waals surface area contributed by atoms with Crippen LogP contribution in [0.25, 0.3) is 22.0 Å². The maximum atomic E-state index is 13.4. The molecular formula is C33H39N3O4S. The van der Waals surface area contributed by atoms with E-state index in [0.717, 1.165) is 51.9 Å². The van der Waals surface area contributed by atoms with Crippen LogP contribution >= 0.6 is 11.3 Å². The van der Waals surface area contributed by atoms with E-state index in [0.29, 0.717) is 29.5 Å². The number of benzene rings is 2. The third-order valence-electron chi connectivity index (χ3n) is 8.06. The zero-order valence-electron chi connectivity index (χ0n) is 24.4. The number of nitrogens with zero attached hydrogens (tertiary/aromatic N) is 2. The number of methoxy groups -OCH3 is 3. The average Bonchev–Trinajstić information content (AvgIpc) is 3.64. The van der Waals surface area contributed by atoms with E-state index in [-0.39, 0.29) is 5.91 Å². The molecule has 2 heterocycles. The number of aryl methyl sites for hydroxylation is 1. The van der Waals surface area contributed by atoms with Gasteiger partial charge in [0.05, 0.1) is 38.3 Å². The van der Waals surface area contributed by atoms with Crippen molar-refractivity contribution in [3.05, 3.63) is 70.7 Å². The number of rotatable bonds is 11. The van der Waals surface area contributed by atoms with Crippen LogP contribution in [0.15, 0.2) is 53.9 Å². The van der Waals surface area contributed by atoms with Crippen molar-refractivity contribution in [3.63, 3.8) is 0 Å². The topological polar surface area (TPSA) is 74.6 Å². The van der Waals surface area contributed by atoms with Crippen molar-refractivity contribution in [2.45, 2.75) is 52.0 Å². The Bertz CT molecular complexity index is 1470. The van der Waals surface area contributed by atoms with Crippen LogP contribution in [0.4, 0.5) is 0 Å². The lowest BCUT2D eigenvalue weighted by Crippen LogP contribution is -2.30. The van der Waals surface area contributed by atoms with Crippen LogP contribution in [-0.2, 0) is 13.0 Å². The Morgan fingerprint density at radius 1 is 0.976 bits per heavy atom. The van der Waals surface area contributed by atoms with Crippen LogP contribution in [0.3, 0.4) is 0 Å². The predicted octanol–water partition coefficient (Wildman–Crippen LogP) is 7.17. The Balaban J connectivity index is 1.43. The van der Waals surface area contributed by atoms with Crippen LogP contribution in [0, 0.1) is 12.8 Å². The Morgan fingerprint density at radius 2 is 1.73 bits per heavy atom. The Kier molecular flexibility index (Phi) is 9.29. The molecule has 5 rings (SSSR count). The first-order chi connectivity index (χ1) is 20.0. The second kappa shape index (κ2) is 13.3. The number of ether oxygens (including phenoxy) is 3. The summed E-state index contributed by atoms with van der Waals surface area (Å²) < 4.78 is 18.5. The third kappa shape index (κ3) is 6.59. The molecule has 1 N–H and O–H groups in total. The van der Waals surface area contributed by atoms with E-state index in [9.17, 15) is 4.79 Å². The van der Waals surface area contributed by atoms with Gasteiger partial charge in [-0.1, -0.05) is 25.3 Å². The van der Waals surface area contributed by atoms with Gasteiger partial charge in [0.15, 0.2) is 11.5 Å². The second-order valence-corrected chi connectivity index (χ2v) is 11.5. The van der Waals surface area contributed by atoms with Gasteiger partial charge in [0.2, 0.25) is 0 Å². The van der Waals surface area contributed by atoms with Gasteiger partial charge in [0.25, 0.3) is 5.91 Å². The van der Waals surface area contributed by atoms with Crippen molar-refractivity contribution in [1.82, 2.24) is 14.9 Å². The van der Waals surface area contributed by atoms with Crippen LogP contribution in [-0.4, -0.2) is 43.3 Å². The summed E-state index contributed by atoms with van der Waals surface area (Å²) in [6.45, 7) is 3.47. The molecule has 0 aliphatic heterocycles. The molecule has 4 aromatic rings. The summed E-state index contributed by atoms with van der Waals surface area (Å²) in [5.74, 6) is 2.80. The molecule has 2 aromatic heterocycles. The van der Waals surface area contributed by atoms with E-state index >= 15 is 0 Å². The smallest absolute Gasteiger partial charge is 0.253 e. The van der Waals surface area contributed by atoms with Crippen LogP contribution in [0.1, 0.15) is 53.7 Å². The molecular weight excluding hydrogens is 534 g/mol. The first-order valence-corrected chi connectivity index (χ1v) is 15.2. The van der Waals surface area contributed by atoms with Gasteiger partial charge in [-0.25, -0.2) is 4.98 Å². The molecule has 1 fully saturated rings. The van der Waals surface area contributed by atoms with Gasteiger partial charge in [-0.2, -0.15) is 0 Å². The molecule has 2 aromatic carbocycles. The standard InChI is InChI=1S/C33H39N3O4S/c1-22-27(32(37)34-20-24-8-6-5-7-9-24)19-29(28-21-41-33(35-28)25-11-13-26(38-2)14-12-25)36(22)17-16-23-10-15-30(39-3)31(18-23)40-4/h10-15,18-19,21,24H,5-9,16-17,20H2,1-4H3,(H,34,37). The molecule has 0 radical (unpaired) electrons. The highest BCUT2D eigenvalue weighted by molar-refractivity contribution is 7.13. The number of carbonyl (C=O) groups excluding carboxylic acids is 1. The molecule has 1 aliphatic carbocycles. The molecule has 1 saturated carbocycles. The Morgan fingerprint density at radius 3 is 2.44 bits per heavy atom. The SMILES string of the molecule is COc1ccc(-c2nc(-c3cc(C(=O)NCC4CCCCC4)c(C)n3CCc3ccc(OC)c(OC)c3)cs2)cc1. The van der Waals surface area contributed by atoms with E-state index in [2.05, 4.69) is 21.3 Å². The largest absolute Gasteiger partial charge is 0.497 e. The molecule has 216 valence electrons. The van der Waals surface area contributed by atoms with Crippen molar-refractivity contribution in [1.29, 1.82) is 0 Å². The van der Waals surface area contributed by atoms with E-state index in [4.69, 9.17) is 19.2 Å². The molecule has 1 aliphatic rings. The summed E-state index contributed by atoms with van der Waals surface area (Å²) in [6.07, 6.45) is 6.99. The second-order valence-electron chi connectivity index (χ2n) is 10.6. The molecule has 0 atom stereocenters. The predicted molar refractivity (Wildman–Crippen MR) is 164 cm³/mol. The maximum absolute atomic E-state index is 13.4. The van der Waals surface area contributed by atoms with Crippen LogP contribution in [0.5, 0.6) is 17.2 Å². The number of hydrogen-bond acceptors (Lipinski definition) is 6. The fourth-order valence-electron chi connectivity index (χ4n) is 5.63.